The van der Waals surface area contributed by atoms with Gasteiger partial charge in [-0.05, 0) is 12.8 Å². The standard InChI is InChI=1S/C8H14N2O3/c1-6(11)10-4-2-3-7(5-10)9-8(12)13/h7,9H,2-5H2,1H3,(H,12,13). The number of likely N-dealkylation sites (tertiary alicyclic amines) is 1. The van der Waals surface area contributed by atoms with Crippen molar-refractivity contribution < 1.29 is 14.7 Å². The number of hydrogen-bond acceptors (Lipinski definition) is 2. The summed E-state index contributed by atoms with van der Waals surface area (Å²) in [6.45, 7) is 2.75. The molecule has 1 rings (SSSR count). The lowest BCUT2D eigenvalue weighted by atomic mass is 10.1. The van der Waals surface area contributed by atoms with Crippen LogP contribution in [0.1, 0.15) is 19.8 Å². The van der Waals surface area contributed by atoms with Gasteiger partial charge in [0.05, 0.1) is 0 Å². The number of nitrogens with zero attached hydrogens (tertiary/aromatic N) is 1. The van der Waals surface area contributed by atoms with E-state index in [1.807, 2.05) is 0 Å². The third kappa shape index (κ3) is 2.93. The van der Waals surface area contributed by atoms with Gasteiger partial charge in [-0.25, -0.2) is 4.79 Å². The normalized spacial score (nSPS) is 22.5. The zero-order chi connectivity index (χ0) is 9.84. The Labute approximate surface area is 76.7 Å². The summed E-state index contributed by atoms with van der Waals surface area (Å²) in [5.41, 5.74) is 0. The van der Waals surface area contributed by atoms with E-state index in [1.165, 1.54) is 6.92 Å². The molecule has 0 aliphatic carbocycles. The maximum absolute atomic E-state index is 11.0. The Kier molecular flexibility index (Phi) is 3.11. The smallest absolute Gasteiger partial charge is 0.404 e. The Hall–Kier alpha value is -1.26. The molecule has 2 amide bonds. The Morgan fingerprint density at radius 1 is 1.54 bits per heavy atom. The molecular formula is C8H14N2O3. The van der Waals surface area contributed by atoms with Gasteiger partial charge in [-0.3, -0.25) is 4.79 Å². The Morgan fingerprint density at radius 2 is 2.23 bits per heavy atom. The van der Waals surface area contributed by atoms with E-state index in [2.05, 4.69) is 5.32 Å². The van der Waals surface area contributed by atoms with Crippen molar-refractivity contribution in [2.75, 3.05) is 13.1 Å². The number of hydrogen-bond donors (Lipinski definition) is 2. The molecule has 2 N–H and O–H groups in total. The van der Waals surface area contributed by atoms with Crippen molar-refractivity contribution in [1.82, 2.24) is 10.2 Å². The first-order valence-corrected chi connectivity index (χ1v) is 4.34. The molecule has 1 fully saturated rings. The van der Waals surface area contributed by atoms with E-state index in [0.717, 1.165) is 19.4 Å². The second kappa shape index (κ2) is 4.11. The van der Waals surface area contributed by atoms with Crippen LogP contribution >= 0.6 is 0 Å². The molecule has 5 heteroatoms. The summed E-state index contributed by atoms with van der Waals surface area (Å²) < 4.78 is 0. The van der Waals surface area contributed by atoms with Gasteiger partial charge in [0.15, 0.2) is 0 Å². The van der Waals surface area contributed by atoms with Gasteiger partial charge in [0.1, 0.15) is 0 Å². The molecular weight excluding hydrogens is 172 g/mol. The first-order valence-electron chi connectivity index (χ1n) is 4.34. The molecule has 0 aromatic carbocycles. The molecule has 0 radical (unpaired) electrons. The van der Waals surface area contributed by atoms with E-state index in [9.17, 15) is 9.59 Å². The molecule has 0 aromatic rings. The van der Waals surface area contributed by atoms with Gasteiger partial charge in [-0.2, -0.15) is 0 Å². The van der Waals surface area contributed by atoms with Crippen molar-refractivity contribution in [2.45, 2.75) is 25.8 Å². The van der Waals surface area contributed by atoms with Crippen LogP contribution in [-0.2, 0) is 4.79 Å². The van der Waals surface area contributed by atoms with Crippen molar-refractivity contribution in [3.05, 3.63) is 0 Å². The number of nitrogens with one attached hydrogen (secondary N) is 1. The Morgan fingerprint density at radius 3 is 2.77 bits per heavy atom. The summed E-state index contributed by atoms with van der Waals surface area (Å²) in [7, 11) is 0. The molecule has 1 atom stereocenters. The topological polar surface area (TPSA) is 69.6 Å². The third-order valence-corrected chi connectivity index (χ3v) is 2.19. The highest BCUT2D eigenvalue weighted by Gasteiger charge is 2.22. The highest BCUT2D eigenvalue weighted by Crippen LogP contribution is 2.09. The zero-order valence-corrected chi connectivity index (χ0v) is 7.62. The van der Waals surface area contributed by atoms with E-state index in [1.54, 1.807) is 4.90 Å². The number of carboxylic acid groups (broad SMARTS) is 1. The molecule has 1 aliphatic rings. The minimum absolute atomic E-state index is 0.0110. The van der Waals surface area contributed by atoms with Crippen LogP contribution in [0.3, 0.4) is 0 Å². The summed E-state index contributed by atoms with van der Waals surface area (Å²) >= 11 is 0. The lowest BCUT2D eigenvalue weighted by Crippen LogP contribution is -2.48. The highest BCUT2D eigenvalue weighted by atomic mass is 16.4. The van der Waals surface area contributed by atoms with Gasteiger partial charge in [0, 0.05) is 26.1 Å². The second-order valence-electron chi connectivity index (χ2n) is 3.25. The van der Waals surface area contributed by atoms with E-state index < -0.39 is 6.09 Å². The van der Waals surface area contributed by atoms with Crippen LogP contribution in [0.5, 0.6) is 0 Å². The fourth-order valence-corrected chi connectivity index (χ4v) is 1.56. The van der Waals surface area contributed by atoms with Crippen molar-refractivity contribution in [3.8, 4) is 0 Å². The van der Waals surface area contributed by atoms with Crippen LogP contribution in [0, 0.1) is 0 Å². The van der Waals surface area contributed by atoms with Gasteiger partial charge in [0.25, 0.3) is 0 Å². The van der Waals surface area contributed by atoms with Gasteiger partial charge in [0.2, 0.25) is 5.91 Å². The largest absolute Gasteiger partial charge is 0.465 e. The second-order valence-corrected chi connectivity index (χ2v) is 3.25. The summed E-state index contributed by atoms with van der Waals surface area (Å²) in [4.78, 5) is 23.0. The average Bonchev–Trinajstić information content (AvgIpc) is 2.03. The number of carbonyl (C=O) groups excluding carboxylic acids is 1. The molecule has 13 heavy (non-hydrogen) atoms. The number of carbonyl (C=O) groups is 2. The maximum atomic E-state index is 11.0. The van der Waals surface area contributed by atoms with Crippen LogP contribution in [-0.4, -0.2) is 41.1 Å². The fourth-order valence-electron chi connectivity index (χ4n) is 1.56. The lowest BCUT2D eigenvalue weighted by Gasteiger charge is -2.31. The fraction of sp³-hybridized carbons (Fsp3) is 0.750. The molecule has 0 spiro atoms. The van der Waals surface area contributed by atoms with Crippen LogP contribution in [0.4, 0.5) is 4.79 Å². The van der Waals surface area contributed by atoms with Crippen LogP contribution in [0.25, 0.3) is 0 Å². The minimum Gasteiger partial charge on any atom is -0.465 e. The zero-order valence-electron chi connectivity index (χ0n) is 7.62. The Bertz CT molecular complexity index is 217. The third-order valence-electron chi connectivity index (χ3n) is 2.19. The predicted octanol–water partition coefficient (Wildman–Crippen LogP) is 0.265. The molecule has 1 heterocycles. The van der Waals surface area contributed by atoms with E-state index in [0.29, 0.717) is 6.54 Å². The first kappa shape index (κ1) is 9.83. The number of rotatable bonds is 1. The lowest BCUT2D eigenvalue weighted by molar-refractivity contribution is -0.130. The molecule has 5 nitrogen and oxygen atoms in total. The molecule has 1 saturated heterocycles. The Balaban J connectivity index is 2.41. The van der Waals surface area contributed by atoms with Crippen molar-refractivity contribution in [3.63, 3.8) is 0 Å². The molecule has 74 valence electrons. The van der Waals surface area contributed by atoms with Crippen molar-refractivity contribution >= 4 is 12.0 Å². The quantitative estimate of drug-likeness (QED) is 0.617. The van der Waals surface area contributed by atoms with Crippen molar-refractivity contribution in [1.29, 1.82) is 0 Å². The molecule has 1 unspecified atom stereocenters. The minimum atomic E-state index is -1.02. The van der Waals surface area contributed by atoms with Crippen LogP contribution in [0.2, 0.25) is 0 Å². The number of piperidine rings is 1. The monoisotopic (exact) mass is 186 g/mol. The van der Waals surface area contributed by atoms with Crippen LogP contribution < -0.4 is 5.32 Å². The molecule has 1 aliphatic heterocycles. The van der Waals surface area contributed by atoms with E-state index in [4.69, 9.17) is 5.11 Å². The molecule has 0 bridgehead atoms. The SMILES string of the molecule is CC(=O)N1CCCC(NC(=O)O)C1. The highest BCUT2D eigenvalue weighted by molar-refractivity contribution is 5.73. The first-order chi connectivity index (χ1) is 6.09. The predicted molar refractivity (Wildman–Crippen MR) is 46.4 cm³/mol. The van der Waals surface area contributed by atoms with E-state index in [-0.39, 0.29) is 11.9 Å². The average molecular weight is 186 g/mol. The van der Waals surface area contributed by atoms with E-state index >= 15 is 0 Å². The molecule has 0 aromatic heterocycles. The summed E-state index contributed by atoms with van der Waals surface area (Å²) in [6, 6.07) is -0.102. The molecule has 0 saturated carbocycles. The summed E-state index contributed by atoms with van der Waals surface area (Å²) in [6.07, 6.45) is 0.663. The summed E-state index contributed by atoms with van der Waals surface area (Å²) in [5.74, 6) is 0.0110. The van der Waals surface area contributed by atoms with Gasteiger partial charge in [-0.1, -0.05) is 0 Å². The number of amides is 2. The summed E-state index contributed by atoms with van der Waals surface area (Å²) in [5, 5.41) is 10.9. The maximum Gasteiger partial charge on any atom is 0.404 e. The van der Waals surface area contributed by atoms with Gasteiger partial charge < -0.3 is 15.3 Å². The van der Waals surface area contributed by atoms with Gasteiger partial charge in [-0.15, -0.1) is 0 Å². The van der Waals surface area contributed by atoms with Crippen molar-refractivity contribution in [2.24, 2.45) is 0 Å². The van der Waals surface area contributed by atoms with Crippen LogP contribution in [0.15, 0.2) is 0 Å². The van der Waals surface area contributed by atoms with Gasteiger partial charge >= 0.3 is 6.09 Å².